The molecule has 7 nitrogen and oxygen atoms in total. The molecular weight excluding hydrogens is 479 g/mol. The van der Waals surface area contributed by atoms with Gasteiger partial charge in [0, 0.05) is 23.6 Å². The monoisotopic (exact) mass is 498 g/mol. The van der Waals surface area contributed by atoms with Gasteiger partial charge >= 0.3 is 0 Å². The molecule has 2 aromatic rings. The molecule has 4 rings (SSSR count). The maximum atomic E-state index is 13.4. The van der Waals surface area contributed by atoms with E-state index in [9.17, 15) is 17.6 Å². The SMILES string of the molecule is O=C(c1cc(Br)cc2c1OCCO2)N1CCCC(NS(=O)(=O)c2cccc(F)c2)C1. The molecule has 160 valence electrons. The van der Waals surface area contributed by atoms with E-state index >= 15 is 0 Å². The van der Waals surface area contributed by atoms with E-state index in [-0.39, 0.29) is 17.3 Å². The van der Waals surface area contributed by atoms with Gasteiger partial charge in [0.2, 0.25) is 10.0 Å². The molecule has 1 unspecified atom stereocenters. The van der Waals surface area contributed by atoms with Gasteiger partial charge in [0.05, 0.1) is 10.5 Å². The molecule has 1 fully saturated rings. The van der Waals surface area contributed by atoms with Crippen LogP contribution in [0.5, 0.6) is 11.5 Å². The molecule has 1 N–H and O–H groups in total. The summed E-state index contributed by atoms with van der Waals surface area (Å²) < 4.78 is 53.2. The minimum absolute atomic E-state index is 0.141. The summed E-state index contributed by atoms with van der Waals surface area (Å²) >= 11 is 3.39. The summed E-state index contributed by atoms with van der Waals surface area (Å²) in [6.07, 6.45) is 1.21. The largest absolute Gasteiger partial charge is 0.486 e. The Hall–Kier alpha value is -2.17. The third kappa shape index (κ3) is 4.45. The number of benzene rings is 2. The molecule has 1 atom stereocenters. The Morgan fingerprint density at radius 2 is 2.00 bits per heavy atom. The van der Waals surface area contributed by atoms with E-state index in [1.54, 1.807) is 17.0 Å². The maximum Gasteiger partial charge on any atom is 0.257 e. The lowest BCUT2D eigenvalue weighted by Crippen LogP contribution is -2.49. The molecular formula is C20H20BrFN2O5S. The number of piperidine rings is 1. The van der Waals surface area contributed by atoms with E-state index < -0.39 is 21.9 Å². The van der Waals surface area contributed by atoms with Gasteiger partial charge in [0.1, 0.15) is 19.0 Å². The molecule has 0 aliphatic carbocycles. The van der Waals surface area contributed by atoms with Gasteiger partial charge in [-0.15, -0.1) is 0 Å². The number of carbonyl (C=O) groups is 1. The lowest BCUT2D eigenvalue weighted by molar-refractivity contribution is 0.0693. The van der Waals surface area contributed by atoms with Crippen molar-refractivity contribution in [3.63, 3.8) is 0 Å². The minimum atomic E-state index is -3.90. The highest BCUT2D eigenvalue weighted by atomic mass is 79.9. The van der Waals surface area contributed by atoms with E-state index in [1.165, 1.54) is 18.2 Å². The highest BCUT2D eigenvalue weighted by Crippen LogP contribution is 2.37. The second-order valence-corrected chi connectivity index (χ2v) is 9.78. The molecule has 0 radical (unpaired) electrons. The van der Waals surface area contributed by atoms with Gasteiger partial charge in [-0.25, -0.2) is 17.5 Å². The summed E-state index contributed by atoms with van der Waals surface area (Å²) in [6.45, 7) is 1.46. The van der Waals surface area contributed by atoms with Gasteiger partial charge in [0.25, 0.3) is 5.91 Å². The fourth-order valence-corrected chi connectivity index (χ4v) is 5.36. The first-order chi connectivity index (χ1) is 14.3. The third-order valence-corrected chi connectivity index (χ3v) is 6.95. The van der Waals surface area contributed by atoms with Gasteiger partial charge in [0.15, 0.2) is 11.5 Å². The van der Waals surface area contributed by atoms with Gasteiger partial charge in [-0.2, -0.15) is 0 Å². The van der Waals surface area contributed by atoms with Crippen molar-refractivity contribution < 1.29 is 27.1 Å². The summed E-state index contributed by atoms with van der Waals surface area (Å²) in [4.78, 5) is 14.7. The van der Waals surface area contributed by atoms with Crippen LogP contribution in [-0.4, -0.2) is 51.6 Å². The Morgan fingerprint density at radius 3 is 2.80 bits per heavy atom. The zero-order valence-corrected chi connectivity index (χ0v) is 18.3. The van der Waals surface area contributed by atoms with Gasteiger partial charge in [-0.1, -0.05) is 22.0 Å². The van der Waals surface area contributed by atoms with E-state index in [2.05, 4.69) is 20.7 Å². The summed E-state index contributed by atoms with van der Waals surface area (Å²) in [5.74, 6) is 0.0175. The van der Waals surface area contributed by atoms with E-state index in [4.69, 9.17) is 9.47 Å². The van der Waals surface area contributed by atoms with Crippen molar-refractivity contribution in [1.29, 1.82) is 0 Å². The molecule has 1 amide bonds. The number of nitrogens with one attached hydrogen (secondary N) is 1. The number of halogens is 2. The molecule has 2 aliphatic rings. The summed E-state index contributed by atoms with van der Waals surface area (Å²) in [5, 5.41) is 0. The Labute approximate surface area is 182 Å². The van der Waals surface area contributed by atoms with E-state index in [1.807, 2.05) is 0 Å². The molecule has 1 saturated heterocycles. The minimum Gasteiger partial charge on any atom is -0.486 e. The number of carbonyl (C=O) groups excluding carboxylic acids is 1. The van der Waals surface area contributed by atoms with Crippen LogP contribution in [0, 0.1) is 5.82 Å². The highest BCUT2D eigenvalue weighted by molar-refractivity contribution is 9.10. The van der Waals surface area contributed by atoms with Crippen LogP contribution in [0.25, 0.3) is 0 Å². The molecule has 0 bridgehead atoms. The van der Waals surface area contributed by atoms with E-state index in [0.717, 1.165) is 6.07 Å². The quantitative estimate of drug-likeness (QED) is 0.700. The lowest BCUT2D eigenvalue weighted by atomic mass is 10.0. The lowest BCUT2D eigenvalue weighted by Gasteiger charge is -2.33. The van der Waals surface area contributed by atoms with Crippen LogP contribution in [-0.2, 0) is 10.0 Å². The fraction of sp³-hybridized carbons (Fsp3) is 0.350. The Balaban J connectivity index is 1.52. The molecule has 0 aromatic heterocycles. The number of hydrogen-bond donors (Lipinski definition) is 1. The van der Waals surface area contributed by atoms with Gasteiger partial charge < -0.3 is 14.4 Å². The first kappa shape index (κ1) is 21.1. The van der Waals surface area contributed by atoms with Crippen LogP contribution in [0.1, 0.15) is 23.2 Å². The first-order valence-electron chi connectivity index (χ1n) is 9.50. The Kier molecular flexibility index (Phi) is 5.99. The van der Waals surface area contributed by atoms with Crippen molar-refractivity contribution in [3.8, 4) is 11.5 Å². The number of ether oxygens (including phenoxy) is 2. The van der Waals surface area contributed by atoms with Gasteiger partial charge in [-0.3, -0.25) is 4.79 Å². The van der Waals surface area contributed by atoms with E-state index in [0.29, 0.717) is 54.1 Å². The van der Waals surface area contributed by atoms with Crippen molar-refractivity contribution >= 4 is 31.9 Å². The number of hydrogen-bond acceptors (Lipinski definition) is 5. The summed E-state index contributed by atoms with van der Waals surface area (Å²) in [5.41, 5.74) is 0.368. The number of nitrogens with zero attached hydrogens (tertiary/aromatic N) is 1. The molecule has 2 heterocycles. The van der Waals surface area contributed by atoms with Crippen molar-refractivity contribution in [3.05, 3.63) is 52.3 Å². The van der Waals surface area contributed by atoms with Gasteiger partial charge in [-0.05, 0) is 43.2 Å². The maximum absolute atomic E-state index is 13.4. The zero-order valence-electron chi connectivity index (χ0n) is 15.9. The number of likely N-dealkylation sites (tertiary alicyclic amines) is 1. The fourth-order valence-electron chi connectivity index (χ4n) is 3.63. The van der Waals surface area contributed by atoms with Crippen molar-refractivity contribution in [1.82, 2.24) is 9.62 Å². The normalized spacial score (nSPS) is 18.9. The molecule has 2 aromatic carbocycles. The number of sulfonamides is 1. The molecule has 2 aliphatic heterocycles. The van der Waals surface area contributed by atoms with Crippen LogP contribution in [0.3, 0.4) is 0 Å². The number of fused-ring (bicyclic) bond motifs is 1. The van der Waals surface area contributed by atoms with Crippen molar-refractivity contribution in [2.24, 2.45) is 0 Å². The van der Waals surface area contributed by atoms with Crippen molar-refractivity contribution in [2.75, 3.05) is 26.3 Å². The Morgan fingerprint density at radius 1 is 1.20 bits per heavy atom. The smallest absolute Gasteiger partial charge is 0.257 e. The molecule has 0 saturated carbocycles. The van der Waals surface area contributed by atoms with Crippen LogP contribution < -0.4 is 14.2 Å². The number of amides is 1. The summed E-state index contributed by atoms with van der Waals surface area (Å²) in [6, 6.07) is 7.79. The van der Waals surface area contributed by atoms with Crippen LogP contribution in [0.4, 0.5) is 4.39 Å². The van der Waals surface area contributed by atoms with Crippen LogP contribution in [0.2, 0.25) is 0 Å². The predicted octanol–water partition coefficient (Wildman–Crippen LogP) is 2.94. The average molecular weight is 499 g/mol. The van der Waals surface area contributed by atoms with Crippen LogP contribution >= 0.6 is 15.9 Å². The first-order valence-corrected chi connectivity index (χ1v) is 11.8. The predicted molar refractivity (Wildman–Crippen MR) is 111 cm³/mol. The summed E-state index contributed by atoms with van der Waals surface area (Å²) in [7, 11) is -3.90. The third-order valence-electron chi connectivity index (χ3n) is 4.97. The Bertz CT molecular complexity index is 1080. The molecule has 30 heavy (non-hydrogen) atoms. The highest BCUT2D eigenvalue weighted by Gasteiger charge is 2.31. The molecule has 10 heteroatoms. The topological polar surface area (TPSA) is 84.9 Å². The van der Waals surface area contributed by atoms with Crippen molar-refractivity contribution in [2.45, 2.75) is 23.8 Å². The molecule has 0 spiro atoms. The zero-order chi connectivity index (χ0) is 21.3. The second-order valence-electron chi connectivity index (χ2n) is 7.15. The standard InChI is InChI=1S/C20H20BrFN2O5S/c21-13-9-17(19-18(10-13)28-7-8-29-19)20(25)24-6-2-4-15(12-24)23-30(26,27)16-5-1-3-14(22)11-16/h1,3,5,9-11,15,23H,2,4,6-8,12H2. The number of rotatable bonds is 4. The second kappa shape index (κ2) is 8.52. The average Bonchev–Trinajstić information content (AvgIpc) is 2.72. The van der Waals surface area contributed by atoms with Crippen LogP contribution in [0.15, 0.2) is 45.8 Å².